The van der Waals surface area contributed by atoms with Gasteiger partial charge in [-0.15, -0.1) is 0 Å². The number of nitrogens with one attached hydrogen (secondary N) is 1. The molecular formula is C17H24N2O3. The van der Waals surface area contributed by atoms with Gasteiger partial charge < -0.3 is 15.0 Å². The number of amides is 2. The average Bonchev–Trinajstić information content (AvgIpc) is 2.43. The van der Waals surface area contributed by atoms with Crippen LogP contribution in [-0.2, 0) is 4.74 Å². The molecule has 2 amide bonds. The quantitative estimate of drug-likeness (QED) is 0.906. The summed E-state index contributed by atoms with van der Waals surface area (Å²) in [5.41, 5.74) is 1.04. The van der Waals surface area contributed by atoms with Gasteiger partial charge in [-0.25, -0.2) is 0 Å². The van der Waals surface area contributed by atoms with Gasteiger partial charge in [0, 0.05) is 31.3 Å². The smallest absolute Gasteiger partial charge is 0.253 e. The molecule has 22 heavy (non-hydrogen) atoms. The van der Waals surface area contributed by atoms with Crippen LogP contribution in [0.15, 0.2) is 24.3 Å². The third-order valence-corrected chi connectivity index (χ3v) is 3.67. The van der Waals surface area contributed by atoms with Crippen LogP contribution in [0.1, 0.15) is 47.4 Å². The summed E-state index contributed by atoms with van der Waals surface area (Å²) >= 11 is 0. The summed E-state index contributed by atoms with van der Waals surface area (Å²) in [7, 11) is 3.39. The molecule has 0 saturated heterocycles. The van der Waals surface area contributed by atoms with Crippen LogP contribution in [0.4, 0.5) is 0 Å². The molecule has 1 aromatic carbocycles. The topological polar surface area (TPSA) is 58.6 Å². The predicted molar refractivity (Wildman–Crippen MR) is 85.0 cm³/mol. The predicted octanol–water partition coefficient (Wildman–Crippen LogP) is 2.07. The molecule has 1 N–H and O–H groups in total. The summed E-state index contributed by atoms with van der Waals surface area (Å²) in [6, 6.07) is 6.97. The highest BCUT2D eigenvalue weighted by atomic mass is 16.5. The third kappa shape index (κ3) is 4.07. The molecule has 1 aromatic rings. The van der Waals surface area contributed by atoms with Gasteiger partial charge in [-0.1, -0.05) is 6.07 Å². The van der Waals surface area contributed by atoms with Crippen molar-refractivity contribution >= 4 is 11.8 Å². The van der Waals surface area contributed by atoms with Crippen molar-refractivity contribution in [1.29, 1.82) is 0 Å². The van der Waals surface area contributed by atoms with Gasteiger partial charge in [0.1, 0.15) is 0 Å². The lowest BCUT2D eigenvalue weighted by molar-refractivity contribution is -0.0482. The fourth-order valence-corrected chi connectivity index (χ4v) is 2.50. The second kappa shape index (κ2) is 6.92. The van der Waals surface area contributed by atoms with Crippen LogP contribution in [0, 0.1) is 0 Å². The largest absolute Gasteiger partial charge is 0.375 e. The van der Waals surface area contributed by atoms with E-state index in [1.165, 1.54) is 4.90 Å². The summed E-state index contributed by atoms with van der Waals surface area (Å²) in [4.78, 5) is 25.7. The van der Waals surface area contributed by atoms with Crippen molar-refractivity contribution in [3.63, 3.8) is 0 Å². The van der Waals surface area contributed by atoms with E-state index >= 15 is 0 Å². The van der Waals surface area contributed by atoms with Gasteiger partial charge in [0.2, 0.25) is 0 Å². The van der Waals surface area contributed by atoms with Crippen LogP contribution in [-0.4, -0.2) is 49.1 Å². The lowest BCUT2D eigenvalue weighted by Crippen LogP contribution is -2.48. The molecule has 0 bridgehead atoms. The molecule has 0 radical (unpaired) electrons. The number of hydrogen-bond donors (Lipinski definition) is 1. The normalized spacial score (nSPS) is 20.4. The number of benzene rings is 1. The molecule has 120 valence electrons. The molecule has 1 saturated carbocycles. The van der Waals surface area contributed by atoms with E-state index in [4.69, 9.17) is 4.74 Å². The van der Waals surface area contributed by atoms with Crippen molar-refractivity contribution in [3.8, 4) is 0 Å². The van der Waals surface area contributed by atoms with Gasteiger partial charge in [-0.05, 0) is 44.9 Å². The summed E-state index contributed by atoms with van der Waals surface area (Å²) < 4.78 is 5.68. The molecule has 0 atom stereocenters. The minimum Gasteiger partial charge on any atom is -0.375 e. The third-order valence-electron chi connectivity index (χ3n) is 3.67. The van der Waals surface area contributed by atoms with Crippen LogP contribution in [0.2, 0.25) is 0 Å². The standard InChI is InChI=1S/C17H24N2O3/c1-11(2)22-15-9-14(10-15)18-16(20)12-6-5-7-13(8-12)17(21)19(3)4/h5-8,11,14-15H,9-10H2,1-4H3,(H,18,20). The van der Waals surface area contributed by atoms with Crippen LogP contribution < -0.4 is 5.32 Å². The second-order valence-corrected chi connectivity index (χ2v) is 6.23. The molecule has 5 heteroatoms. The van der Waals surface area contributed by atoms with Gasteiger partial charge in [0.05, 0.1) is 12.2 Å². The Morgan fingerprint density at radius 1 is 1.23 bits per heavy atom. The molecule has 1 fully saturated rings. The van der Waals surface area contributed by atoms with Crippen molar-refractivity contribution in [2.75, 3.05) is 14.1 Å². The number of carbonyl (C=O) groups is 2. The van der Waals surface area contributed by atoms with E-state index in [1.807, 2.05) is 13.8 Å². The van der Waals surface area contributed by atoms with Crippen LogP contribution in [0.25, 0.3) is 0 Å². The average molecular weight is 304 g/mol. The molecule has 0 aromatic heterocycles. The molecule has 0 unspecified atom stereocenters. The maximum atomic E-state index is 12.2. The zero-order valence-electron chi connectivity index (χ0n) is 13.6. The fraction of sp³-hybridized carbons (Fsp3) is 0.529. The van der Waals surface area contributed by atoms with Gasteiger partial charge in [0.15, 0.2) is 0 Å². The molecule has 1 aliphatic rings. The lowest BCUT2D eigenvalue weighted by Gasteiger charge is -2.36. The van der Waals surface area contributed by atoms with Gasteiger partial charge >= 0.3 is 0 Å². The number of carbonyl (C=O) groups excluding carboxylic acids is 2. The van der Waals surface area contributed by atoms with E-state index in [9.17, 15) is 9.59 Å². The molecule has 5 nitrogen and oxygen atoms in total. The minimum absolute atomic E-state index is 0.108. The zero-order chi connectivity index (χ0) is 16.3. The number of ether oxygens (including phenoxy) is 1. The SMILES string of the molecule is CC(C)OC1CC(NC(=O)c2cccc(C(=O)N(C)C)c2)C1. The van der Waals surface area contributed by atoms with Gasteiger partial charge in [0.25, 0.3) is 11.8 Å². The maximum absolute atomic E-state index is 12.2. The Labute approximate surface area is 131 Å². The number of nitrogens with zero attached hydrogens (tertiary/aromatic N) is 1. The maximum Gasteiger partial charge on any atom is 0.253 e. The molecule has 0 aliphatic heterocycles. The van der Waals surface area contributed by atoms with Crippen LogP contribution >= 0.6 is 0 Å². The number of rotatable bonds is 5. The van der Waals surface area contributed by atoms with Crippen molar-refractivity contribution in [1.82, 2.24) is 10.2 Å². The van der Waals surface area contributed by atoms with E-state index in [0.29, 0.717) is 11.1 Å². The first kappa shape index (κ1) is 16.5. The highest BCUT2D eigenvalue weighted by molar-refractivity contribution is 5.99. The Balaban J connectivity index is 1.91. The minimum atomic E-state index is -0.138. The van der Waals surface area contributed by atoms with Crippen LogP contribution in [0.5, 0.6) is 0 Å². The van der Waals surface area contributed by atoms with E-state index in [-0.39, 0.29) is 30.1 Å². The number of hydrogen-bond acceptors (Lipinski definition) is 3. The molecule has 0 heterocycles. The first-order valence-electron chi connectivity index (χ1n) is 7.65. The van der Waals surface area contributed by atoms with E-state index in [1.54, 1.807) is 38.4 Å². The molecule has 2 rings (SSSR count). The Morgan fingerprint density at radius 3 is 2.45 bits per heavy atom. The summed E-state index contributed by atoms with van der Waals surface area (Å²) in [5.74, 6) is -0.245. The fourth-order valence-electron chi connectivity index (χ4n) is 2.50. The van der Waals surface area contributed by atoms with E-state index in [2.05, 4.69) is 5.32 Å². The summed E-state index contributed by atoms with van der Waals surface area (Å²) in [6.45, 7) is 4.03. The molecule has 1 aliphatic carbocycles. The Bertz CT molecular complexity index is 549. The lowest BCUT2D eigenvalue weighted by atomic mass is 9.89. The first-order chi connectivity index (χ1) is 10.4. The Morgan fingerprint density at radius 2 is 1.86 bits per heavy atom. The molecule has 0 spiro atoms. The van der Waals surface area contributed by atoms with Crippen molar-refractivity contribution < 1.29 is 14.3 Å². The van der Waals surface area contributed by atoms with E-state index in [0.717, 1.165) is 12.8 Å². The molecular weight excluding hydrogens is 280 g/mol. The van der Waals surface area contributed by atoms with Gasteiger partial charge in [-0.3, -0.25) is 9.59 Å². The monoisotopic (exact) mass is 304 g/mol. The van der Waals surface area contributed by atoms with Crippen molar-refractivity contribution in [2.45, 2.75) is 44.9 Å². The van der Waals surface area contributed by atoms with Crippen molar-refractivity contribution in [2.24, 2.45) is 0 Å². The van der Waals surface area contributed by atoms with E-state index < -0.39 is 0 Å². The summed E-state index contributed by atoms with van der Waals surface area (Å²) in [5, 5.41) is 2.99. The summed E-state index contributed by atoms with van der Waals surface area (Å²) in [6.07, 6.45) is 2.16. The Hall–Kier alpha value is -1.88. The second-order valence-electron chi connectivity index (χ2n) is 6.23. The van der Waals surface area contributed by atoms with Crippen LogP contribution in [0.3, 0.4) is 0 Å². The van der Waals surface area contributed by atoms with Gasteiger partial charge in [-0.2, -0.15) is 0 Å². The highest BCUT2D eigenvalue weighted by Crippen LogP contribution is 2.24. The Kier molecular flexibility index (Phi) is 5.19. The zero-order valence-corrected chi connectivity index (χ0v) is 13.6. The first-order valence-corrected chi connectivity index (χ1v) is 7.65. The van der Waals surface area contributed by atoms with Crippen molar-refractivity contribution in [3.05, 3.63) is 35.4 Å². The highest BCUT2D eigenvalue weighted by Gasteiger charge is 2.31.